The van der Waals surface area contributed by atoms with Crippen LogP contribution in [-0.4, -0.2) is 9.97 Å². The van der Waals surface area contributed by atoms with Crippen LogP contribution in [0.3, 0.4) is 0 Å². The standard InChI is InChI=1S/C12H9N3OS/c1-6-2-3-9-7(4-6)10-8(5-14-9)11(16)15-12(13)17-10/h2-5H,1H3,(H2,13,15,16). The van der Waals surface area contributed by atoms with Crippen molar-refractivity contribution in [2.45, 2.75) is 6.92 Å². The summed E-state index contributed by atoms with van der Waals surface area (Å²) in [7, 11) is 0. The Labute approximate surface area is 101 Å². The highest BCUT2D eigenvalue weighted by Crippen LogP contribution is 2.27. The van der Waals surface area contributed by atoms with Gasteiger partial charge in [0.2, 0.25) is 0 Å². The molecule has 3 rings (SSSR count). The fraction of sp³-hybridized carbons (Fsp3) is 0.0833. The molecule has 2 N–H and O–H groups in total. The van der Waals surface area contributed by atoms with E-state index in [4.69, 9.17) is 5.73 Å². The van der Waals surface area contributed by atoms with Crippen molar-refractivity contribution in [3.8, 4) is 0 Å². The van der Waals surface area contributed by atoms with E-state index in [1.807, 2.05) is 25.1 Å². The summed E-state index contributed by atoms with van der Waals surface area (Å²) in [4.78, 5) is 19.7. The molecule has 0 fully saturated rings. The van der Waals surface area contributed by atoms with Gasteiger partial charge in [-0.05, 0) is 19.1 Å². The summed E-state index contributed by atoms with van der Waals surface area (Å²) in [5.74, 6) is 0. The second-order valence-electron chi connectivity index (χ2n) is 3.88. The normalized spacial score (nSPS) is 11.1. The van der Waals surface area contributed by atoms with Crippen LogP contribution in [0.25, 0.3) is 21.0 Å². The Hall–Kier alpha value is -2.01. The highest BCUT2D eigenvalue weighted by molar-refractivity contribution is 7.22. The van der Waals surface area contributed by atoms with Crippen LogP contribution in [0.1, 0.15) is 5.56 Å². The SMILES string of the molecule is Cc1ccc2ncc3c(=O)nc(N)sc3c2c1. The Morgan fingerprint density at radius 3 is 2.94 bits per heavy atom. The lowest BCUT2D eigenvalue weighted by atomic mass is 10.1. The van der Waals surface area contributed by atoms with Crippen molar-refractivity contribution in [2.24, 2.45) is 0 Å². The van der Waals surface area contributed by atoms with Crippen LogP contribution >= 0.6 is 11.3 Å². The number of benzene rings is 1. The third kappa shape index (κ3) is 1.55. The van der Waals surface area contributed by atoms with Crippen LogP contribution in [0, 0.1) is 6.92 Å². The van der Waals surface area contributed by atoms with E-state index in [2.05, 4.69) is 9.97 Å². The first-order valence-electron chi connectivity index (χ1n) is 5.11. The fourth-order valence-corrected chi connectivity index (χ4v) is 2.69. The predicted molar refractivity (Wildman–Crippen MR) is 70.3 cm³/mol. The van der Waals surface area contributed by atoms with Gasteiger partial charge < -0.3 is 5.73 Å². The summed E-state index contributed by atoms with van der Waals surface area (Å²) in [5.41, 5.74) is 7.32. The molecular weight excluding hydrogens is 234 g/mol. The van der Waals surface area contributed by atoms with Gasteiger partial charge in [-0.2, -0.15) is 4.98 Å². The molecule has 0 unspecified atom stereocenters. The van der Waals surface area contributed by atoms with Gasteiger partial charge in [-0.25, -0.2) is 0 Å². The van der Waals surface area contributed by atoms with Gasteiger partial charge in [0.25, 0.3) is 5.56 Å². The van der Waals surface area contributed by atoms with E-state index < -0.39 is 0 Å². The number of hydrogen-bond acceptors (Lipinski definition) is 5. The largest absolute Gasteiger partial charge is 0.375 e. The molecule has 1 aromatic carbocycles. The maximum absolute atomic E-state index is 11.7. The number of anilines is 1. The average molecular weight is 243 g/mol. The zero-order valence-electron chi connectivity index (χ0n) is 9.10. The summed E-state index contributed by atoms with van der Waals surface area (Å²) < 4.78 is 0.858. The molecule has 0 amide bonds. The lowest BCUT2D eigenvalue weighted by Crippen LogP contribution is -2.07. The molecule has 0 bridgehead atoms. The van der Waals surface area contributed by atoms with E-state index in [9.17, 15) is 4.79 Å². The van der Waals surface area contributed by atoms with E-state index in [0.717, 1.165) is 21.2 Å². The first kappa shape index (κ1) is 10.2. The molecule has 84 valence electrons. The maximum atomic E-state index is 11.7. The van der Waals surface area contributed by atoms with Crippen molar-refractivity contribution in [3.63, 3.8) is 0 Å². The van der Waals surface area contributed by atoms with Crippen LogP contribution in [-0.2, 0) is 0 Å². The number of nitrogens with zero attached hydrogens (tertiary/aromatic N) is 2. The Morgan fingerprint density at radius 1 is 1.29 bits per heavy atom. The molecule has 5 heteroatoms. The Balaban J connectivity index is 2.62. The van der Waals surface area contributed by atoms with Gasteiger partial charge in [-0.15, -0.1) is 0 Å². The van der Waals surface area contributed by atoms with Gasteiger partial charge >= 0.3 is 0 Å². The zero-order valence-corrected chi connectivity index (χ0v) is 9.91. The quantitative estimate of drug-likeness (QED) is 0.614. The smallest absolute Gasteiger partial charge is 0.282 e. The Bertz CT molecular complexity index is 795. The number of hydrogen-bond donors (Lipinski definition) is 1. The minimum atomic E-state index is -0.313. The van der Waals surface area contributed by atoms with Crippen LogP contribution < -0.4 is 11.3 Å². The third-order valence-electron chi connectivity index (χ3n) is 2.62. The van der Waals surface area contributed by atoms with Gasteiger partial charge in [0, 0.05) is 11.6 Å². The molecule has 0 aliphatic heterocycles. The first-order chi connectivity index (χ1) is 8.15. The molecular formula is C12H9N3OS. The van der Waals surface area contributed by atoms with Gasteiger partial charge in [0.1, 0.15) is 0 Å². The minimum absolute atomic E-state index is 0.288. The molecule has 2 heterocycles. The summed E-state index contributed by atoms with van der Waals surface area (Å²) >= 11 is 1.32. The number of aromatic nitrogens is 2. The summed E-state index contributed by atoms with van der Waals surface area (Å²) in [6, 6.07) is 5.95. The van der Waals surface area contributed by atoms with Gasteiger partial charge in [-0.1, -0.05) is 23.0 Å². The fourth-order valence-electron chi connectivity index (χ4n) is 1.83. The van der Waals surface area contributed by atoms with Crippen molar-refractivity contribution in [2.75, 3.05) is 5.73 Å². The van der Waals surface area contributed by atoms with E-state index in [1.165, 1.54) is 11.3 Å². The molecule has 0 atom stereocenters. The lowest BCUT2D eigenvalue weighted by Gasteiger charge is -2.03. The number of nitrogen functional groups attached to an aromatic ring is 1. The van der Waals surface area contributed by atoms with E-state index in [0.29, 0.717) is 5.39 Å². The predicted octanol–water partition coefficient (Wildman–Crippen LogP) is 2.10. The van der Waals surface area contributed by atoms with E-state index in [1.54, 1.807) is 6.20 Å². The Morgan fingerprint density at radius 2 is 2.12 bits per heavy atom. The molecule has 4 nitrogen and oxygen atoms in total. The third-order valence-corrected chi connectivity index (χ3v) is 3.57. The summed E-state index contributed by atoms with van der Waals surface area (Å²) in [6.07, 6.45) is 1.57. The molecule has 2 aromatic heterocycles. The molecule has 17 heavy (non-hydrogen) atoms. The molecule has 0 saturated carbocycles. The monoisotopic (exact) mass is 243 g/mol. The summed E-state index contributed by atoms with van der Waals surface area (Å²) in [5, 5.41) is 1.78. The van der Waals surface area contributed by atoms with Crippen LogP contribution in [0.15, 0.2) is 29.2 Å². The maximum Gasteiger partial charge on any atom is 0.282 e. The van der Waals surface area contributed by atoms with Gasteiger partial charge in [-0.3, -0.25) is 9.78 Å². The number of nitrogens with two attached hydrogens (primary N) is 1. The average Bonchev–Trinajstić information content (AvgIpc) is 2.28. The first-order valence-corrected chi connectivity index (χ1v) is 5.92. The highest BCUT2D eigenvalue weighted by Gasteiger charge is 2.07. The zero-order chi connectivity index (χ0) is 12.0. The molecule has 0 aliphatic carbocycles. The van der Waals surface area contributed by atoms with Crippen molar-refractivity contribution in [1.82, 2.24) is 9.97 Å². The number of fused-ring (bicyclic) bond motifs is 3. The minimum Gasteiger partial charge on any atom is -0.375 e. The van der Waals surface area contributed by atoms with Crippen LogP contribution in [0.5, 0.6) is 0 Å². The Kier molecular flexibility index (Phi) is 2.09. The highest BCUT2D eigenvalue weighted by atomic mass is 32.1. The second kappa shape index (κ2) is 3.49. The molecule has 3 aromatic rings. The van der Waals surface area contributed by atoms with Gasteiger partial charge in [0.05, 0.1) is 15.6 Å². The number of rotatable bonds is 0. The van der Waals surface area contributed by atoms with Crippen molar-refractivity contribution in [3.05, 3.63) is 40.3 Å². The van der Waals surface area contributed by atoms with Crippen LogP contribution in [0.4, 0.5) is 5.13 Å². The van der Waals surface area contributed by atoms with Crippen molar-refractivity contribution >= 4 is 37.5 Å². The van der Waals surface area contributed by atoms with Crippen LogP contribution in [0.2, 0.25) is 0 Å². The molecule has 0 saturated heterocycles. The number of aryl methyl sites for hydroxylation is 1. The summed E-state index contributed by atoms with van der Waals surface area (Å²) in [6.45, 7) is 2.01. The van der Waals surface area contributed by atoms with Crippen molar-refractivity contribution in [1.29, 1.82) is 0 Å². The topological polar surface area (TPSA) is 68.9 Å². The molecule has 0 radical (unpaired) electrons. The van der Waals surface area contributed by atoms with Crippen molar-refractivity contribution < 1.29 is 0 Å². The van der Waals surface area contributed by atoms with Gasteiger partial charge in [0.15, 0.2) is 5.13 Å². The molecule has 0 spiro atoms. The van der Waals surface area contributed by atoms with E-state index in [-0.39, 0.29) is 10.7 Å². The van der Waals surface area contributed by atoms with E-state index >= 15 is 0 Å². The second-order valence-corrected chi connectivity index (χ2v) is 4.91. The molecule has 0 aliphatic rings. The number of pyridine rings is 1. The lowest BCUT2D eigenvalue weighted by molar-refractivity contribution is 1.31.